The highest BCUT2D eigenvalue weighted by molar-refractivity contribution is 5.33. The van der Waals surface area contributed by atoms with Crippen molar-refractivity contribution in [3.05, 3.63) is 18.2 Å². The lowest BCUT2D eigenvalue weighted by atomic mass is 9.89. The second kappa shape index (κ2) is 12.4. The Morgan fingerprint density at radius 3 is 2.44 bits per heavy atom. The maximum atomic E-state index is 8.36. The molecular formula is C18H32N4O5. The minimum atomic E-state index is -0.250. The minimum Gasteiger partial charge on any atom is -0.483 e. The number of hydrogen-bond donors (Lipinski definition) is 3. The molecule has 3 N–H and O–H groups in total. The Balaban J connectivity index is 0.000000540. The molecule has 3 rings (SSSR count). The van der Waals surface area contributed by atoms with E-state index in [1.54, 1.807) is 0 Å². The van der Waals surface area contributed by atoms with Crippen LogP contribution in [0.25, 0.3) is 0 Å². The molecule has 1 aromatic heterocycles. The third-order valence-corrected chi connectivity index (χ3v) is 5.18. The summed E-state index contributed by atoms with van der Waals surface area (Å²) in [6, 6.07) is 0.626. The van der Waals surface area contributed by atoms with E-state index in [0.717, 1.165) is 58.0 Å². The molecule has 2 aliphatic heterocycles. The molecular weight excluding hydrogens is 352 g/mol. The number of nitrogens with one attached hydrogen (secondary N) is 1. The van der Waals surface area contributed by atoms with Crippen LogP contribution < -0.4 is 5.32 Å². The summed E-state index contributed by atoms with van der Waals surface area (Å²) in [5.74, 6) is 1.11. The normalized spacial score (nSPS) is 19.8. The van der Waals surface area contributed by atoms with E-state index < -0.39 is 0 Å². The summed E-state index contributed by atoms with van der Waals surface area (Å²) in [7, 11) is 0. The van der Waals surface area contributed by atoms with Gasteiger partial charge >= 0.3 is 0 Å². The van der Waals surface area contributed by atoms with Gasteiger partial charge in [0, 0.05) is 51.2 Å². The number of ether oxygens (including phenoxy) is 1. The number of likely N-dealkylation sites (tertiary alicyclic amines) is 1. The van der Waals surface area contributed by atoms with Crippen LogP contribution in [0.2, 0.25) is 0 Å². The smallest absolute Gasteiger partial charge is 0.290 e. The van der Waals surface area contributed by atoms with Crippen molar-refractivity contribution in [2.75, 3.05) is 32.8 Å². The highest BCUT2D eigenvalue weighted by Crippen LogP contribution is 2.28. The van der Waals surface area contributed by atoms with Crippen LogP contribution in [-0.2, 0) is 20.9 Å². The van der Waals surface area contributed by atoms with E-state index in [2.05, 4.69) is 39.8 Å². The second-order valence-corrected chi connectivity index (χ2v) is 6.76. The summed E-state index contributed by atoms with van der Waals surface area (Å²) in [6.07, 6.45) is 7.47. The number of aromatic nitrogens is 2. The first-order valence-electron chi connectivity index (χ1n) is 9.24. The van der Waals surface area contributed by atoms with Gasteiger partial charge in [-0.2, -0.15) is 0 Å². The van der Waals surface area contributed by atoms with Crippen LogP contribution in [0.4, 0.5) is 0 Å². The molecule has 3 heterocycles. The van der Waals surface area contributed by atoms with Gasteiger partial charge in [-0.25, -0.2) is 4.98 Å². The standard InChI is InChI=1S/C16H28N4O.2CH2O2/c1-14(3-8-20-11-6-18-15(20)2)19-9-4-16(5-10-19)13-17-7-12-21-16;2*2-1-3/h6,11,14,17H,3-5,7-10,12-13H2,1-2H3;2*1H,(H,2,3). The number of hydrogen-bond acceptors (Lipinski definition) is 6. The summed E-state index contributed by atoms with van der Waals surface area (Å²) in [6.45, 7) is 10.2. The number of nitrogens with zero attached hydrogens (tertiary/aromatic N) is 3. The fraction of sp³-hybridized carbons (Fsp3) is 0.722. The van der Waals surface area contributed by atoms with E-state index in [4.69, 9.17) is 24.5 Å². The van der Waals surface area contributed by atoms with Crippen LogP contribution in [0.15, 0.2) is 12.4 Å². The Bertz CT molecular complexity index is 530. The van der Waals surface area contributed by atoms with Crippen molar-refractivity contribution >= 4 is 12.9 Å². The van der Waals surface area contributed by atoms with Gasteiger partial charge in [0.05, 0.1) is 12.2 Å². The first-order valence-corrected chi connectivity index (χ1v) is 9.24. The summed E-state index contributed by atoms with van der Waals surface area (Å²) in [5, 5.41) is 17.3. The number of carbonyl (C=O) groups is 2. The molecule has 1 spiro atoms. The Morgan fingerprint density at radius 2 is 1.96 bits per heavy atom. The van der Waals surface area contributed by atoms with Crippen molar-refractivity contribution < 1.29 is 24.5 Å². The molecule has 0 aliphatic carbocycles. The van der Waals surface area contributed by atoms with Crippen molar-refractivity contribution in [3.8, 4) is 0 Å². The molecule has 2 fully saturated rings. The van der Waals surface area contributed by atoms with E-state index in [1.807, 2.05) is 6.20 Å². The van der Waals surface area contributed by atoms with Crippen LogP contribution in [0.3, 0.4) is 0 Å². The number of carboxylic acid groups (broad SMARTS) is 2. The topological polar surface area (TPSA) is 117 Å². The van der Waals surface area contributed by atoms with Crippen LogP contribution >= 0.6 is 0 Å². The molecule has 27 heavy (non-hydrogen) atoms. The Labute approximate surface area is 160 Å². The maximum Gasteiger partial charge on any atom is 0.290 e. The van der Waals surface area contributed by atoms with Crippen LogP contribution in [-0.4, -0.2) is 82.0 Å². The van der Waals surface area contributed by atoms with Gasteiger partial charge in [0.2, 0.25) is 0 Å². The average molecular weight is 384 g/mol. The van der Waals surface area contributed by atoms with Crippen LogP contribution in [0, 0.1) is 6.92 Å². The van der Waals surface area contributed by atoms with Crippen LogP contribution in [0.5, 0.6) is 0 Å². The minimum absolute atomic E-state index is 0.120. The van der Waals surface area contributed by atoms with E-state index in [1.165, 1.54) is 6.42 Å². The molecule has 0 radical (unpaired) electrons. The molecule has 1 aromatic rings. The fourth-order valence-corrected chi connectivity index (χ4v) is 3.55. The first kappa shape index (κ1) is 23.1. The Hall–Kier alpha value is -1.97. The number of aryl methyl sites for hydroxylation is 2. The predicted molar refractivity (Wildman–Crippen MR) is 101 cm³/mol. The molecule has 2 aliphatic rings. The van der Waals surface area contributed by atoms with Crippen molar-refractivity contribution in [2.45, 2.75) is 51.3 Å². The van der Waals surface area contributed by atoms with Gasteiger partial charge in [-0.1, -0.05) is 0 Å². The van der Waals surface area contributed by atoms with Gasteiger partial charge in [0.15, 0.2) is 0 Å². The molecule has 1 unspecified atom stereocenters. The van der Waals surface area contributed by atoms with E-state index in [9.17, 15) is 0 Å². The second-order valence-electron chi connectivity index (χ2n) is 6.76. The van der Waals surface area contributed by atoms with Gasteiger partial charge < -0.3 is 29.7 Å². The Morgan fingerprint density at radius 1 is 1.33 bits per heavy atom. The molecule has 0 saturated carbocycles. The largest absolute Gasteiger partial charge is 0.483 e. The lowest BCUT2D eigenvalue weighted by Crippen LogP contribution is -2.56. The lowest BCUT2D eigenvalue weighted by Gasteiger charge is -2.45. The molecule has 154 valence electrons. The van der Waals surface area contributed by atoms with E-state index in [-0.39, 0.29) is 18.5 Å². The third-order valence-electron chi connectivity index (χ3n) is 5.18. The predicted octanol–water partition coefficient (Wildman–Crippen LogP) is 0.826. The number of imidazole rings is 1. The Kier molecular flexibility index (Phi) is 10.6. The molecule has 1 atom stereocenters. The third kappa shape index (κ3) is 7.66. The number of morpholine rings is 1. The maximum absolute atomic E-state index is 8.36. The highest BCUT2D eigenvalue weighted by atomic mass is 16.5. The zero-order chi connectivity index (χ0) is 20.1. The molecule has 0 aromatic carbocycles. The molecule has 9 heteroatoms. The monoisotopic (exact) mass is 384 g/mol. The van der Waals surface area contributed by atoms with Crippen LogP contribution in [0.1, 0.15) is 32.0 Å². The van der Waals surface area contributed by atoms with Crippen molar-refractivity contribution in [1.82, 2.24) is 19.8 Å². The first-order chi connectivity index (χ1) is 13.0. The van der Waals surface area contributed by atoms with Crippen molar-refractivity contribution in [2.24, 2.45) is 0 Å². The quantitative estimate of drug-likeness (QED) is 0.654. The average Bonchev–Trinajstić information content (AvgIpc) is 3.07. The molecule has 0 amide bonds. The van der Waals surface area contributed by atoms with Gasteiger partial charge in [-0.05, 0) is 33.1 Å². The zero-order valence-electron chi connectivity index (χ0n) is 16.2. The number of piperidine rings is 1. The van der Waals surface area contributed by atoms with Gasteiger partial charge in [0.1, 0.15) is 5.82 Å². The summed E-state index contributed by atoms with van der Waals surface area (Å²) >= 11 is 0. The van der Waals surface area contributed by atoms with E-state index >= 15 is 0 Å². The highest BCUT2D eigenvalue weighted by Gasteiger charge is 2.37. The molecule has 2 saturated heterocycles. The van der Waals surface area contributed by atoms with Gasteiger partial charge in [-0.3, -0.25) is 9.59 Å². The number of rotatable bonds is 4. The zero-order valence-corrected chi connectivity index (χ0v) is 16.2. The van der Waals surface area contributed by atoms with Gasteiger partial charge in [0.25, 0.3) is 12.9 Å². The fourth-order valence-electron chi connectivity index (χ4n) is 3.55. The lowest BCUT2D eigenvalue weighted by molar-refractivity contribution is -0.123. The van der Waals surface area contributed by atoms with E-state index in [0.29, 0.717) is 6.04 Å². The molecule has 9 nitrogen and oxygen atoms in total. The summed E-state index contributed by atoms with van der Waals surface area (Å²) in [5.41, 5.74) is 0.120. The molecule has 0 bridgehead atoms. The summed E-state index contributed by atoms with van der Waals surface area (Å²) in [4.78, 5) is 23.6. The SMILES string of the molecule is Cc1nccn1CCC(C)N1CCC2(CC1)CNCCO2.O=CO.O=CO. The van der Waals surface area contributed by atoms with Gasteiger partial charge in [-0.15, -0.1) is 0 Å². The van der Waals surface area contributed by atoms with Crippen molar-refractivity contribution in [3.63, 3.8) is 0 Å². The summed E-state index contributed by atoms with van der Waals surface area (Å²) < 4.78 is 8.31. The van der Waals surface area contributed by atoms with Crippen molar-refractivity contribution in [1.29, 1.82) is 0 Å².